The van der Waals surface area contributed by atoms with Crippen molar-refractivity contribution in [2.75, 3.05) is 32.8 Å². The van der Waals surface area contributed by atoms with E-state index in [4.69, 9.17) is 10.5 Å². The molecule has 1 aliphatic carbocycles. The number of amides is 2. The molecule has 1 saturated heterocycles. The number of hydrogen-bond donors (Lipinski definition) is 2. The summed E-state index contributed by atoms with van der Waals surface area (Å²) in [5.41, 5.74) is 5.96. The van der Waals surface area contributed by atoms with Crippen LogP contribution in [0.4, 0.5) is 0 Å². The van der Waals surface area contributed by atoms with Gasteiger partial charge in [0.05, 0.1) is 25.8 Å². The summed E-state index contributed by atoms with van der Waals surface area (Å²) in [6.45, 7) is 2.38. The fourth-order valence-electron chi connectivity index (χ4n) is 3.11. The Morgan fingerprint density at radius 2 is 1.86 bits per heavy atom. The molecule has 6 heteroatoms. The van der Waals surface area contributed by atoms with Crippen LogP contribution in [0.3, 0.4) is 0 Å². The molecule has 0 bridgehead atoms. The highest BCUT2D eigenvalue weighted by atomic mass is 16.5. The van der Waals surface area contributed by atoms with Crippen LogP contribution in [0.5, 0.6) is 0 Å². The summed E-state index contributed by atoms with van der Waals surface area (Å²) in [6, 6.07) is -0.495. The lowest BCUT2D eigenvalue weighted by Crippen LogP contribution is -2.49. The molecule has 1 atom stereocenters. The molecule has 120 valence electrons. The lowest BCUT2D eigenvalue weighted by atomic mass is 9.85. The normalized spacial score (nSPS) is 21.9. The molecule has 1 saturated carbocycles. The van der Waals surface area contributed by atoms with Gasteiger partial charge in [0.2, 0.25) is 11.8 Å². The molecule has 1 heterocycles. The number of carbonyl (C=O) groups excluding carboxylic acids is 2. The smallest absolute Gasteiger partial charge is 0.242 e. The Morgan fingerprint density at radius 1 is 1.19 bits per heavy atom. The second-order valence-electron chi connectivity index (χ2n) is 6.06. The first kappa shape index (κ1) is 16.2. The second kappa shape index (κ2) is 8.34. The van der Waals surface area contributed by atoms with Gasteiger partial charge in [0.25, 0.3) is 0 Å². The van der Waals surface area contributed by atoms with Gasteiger partial charge in [-0.15, -0.1) is 0 Å². The number of carbonyl (C=O) groups is 2. The Labute approximate surface area is 126 Å². The minimum atomic E-state index is -0.495. The fourth-order valence-corrected chi connectivity index (χ4v) is 3.11. The van der Waals surface area contributed by atoms with Gasteiger partial charge in [0, 0.05) is 13.1 Å². The molecule has 0 aromatic carbocycles. The van der Waals surface area contributed by atoms with Crippen molar-refractivity contribution in [3.63, 3.8) is 0 Å². The van der Waals surface area contributed by atoms with Gasteiger partial charge in [0.15, 0.2) is 0 Å². The molecule has 1 aliphatic heterocycles. The molecule has 2 fully saturated rings. The van der Waals surface area contributed by atoms with Gasteiger partial charge in [0.1, 0.15) is 0 Å². The maximum absolute atomic E-state index is 12.0. The predicted octanol–water partition coefficient (Wildman–Crippen LogP) is 0.259. The Hall–Kier alpha value is -1.14. The SMILES string of the molecule is NC(CC1CCCCC1)C(=O)NCC(=O)N1CCOCC1. The molecule has 2 amide bonds. The summed E-state index contributed by atoms with van der Waals surface area (Å²) in [5.74, 6) is 0.299. The Bertz CT molecular complexity index is 350. The highest BCUT2D eigenvalue weighted by molar-refractivity contribution is 5.87. The minimum Gasteiger partial charge on any atom is -0.378 e. The van der Waals surface area contributed by atoms with Gasteiger partial charge >= 0.3 is 0 Å². The van der Waals surface area contributed by atoms with Crippen LogP contribution in [-0.2, 0) is 14.3 Å². The van der Waals surface area contributed by atoms with Crippen molar-refractivity contribution in [2.45, 2.75) is 44.6 Å². The monoisotopic (exact) mass is 297 g/mol. The van der Waals surface area contributed by atoms with E-state index in [9.17, 15) is 9.59 Å². The third kappa shape index (κ3) is 5.28. The summed E-state index contributed by atoms with van der Waals surface area (Å²) in [5, 5.41) is 2.67. The number of nitrogens with zero attached hydrogens (tertiary/aromatic N) is 1. The zero-order valence-electron chi connectivity index (χ0n) is 12.7. The number of nitrogens with one attached hydrogen (secondary N) is 1. The van der Waals surface area contributed by atoms with E-state index in [0.717, 1.165) is 6.42 Å². The van der Waals surface area contributed by atoms with Crippen molar-refractivity contribution < 1.29 is 14.3 Å². The van der Waals surface area contributed by atoms with Crippen molar-refractivity contribution in [1.29, 1.82) is 0 Å². The summed E-state index contributed by atoms with van der Waals surface area (Å²) >= 11 is 0. The van der Waals surface area contributed by atoms with E-state index in [0.29, 0.717) is 32.2 Å². The minimum absolute atomic E-state index is 0.0389. The van der Waals surface area contributed by atoms with Crippen LogP contribution in [0.25, 0.3) is 0 Å². The van der Waals surface area contributed by atoms with Crippen molar-refractivity contribution >= 4 is 11.8 Å². The Kier molecular flexibility index (Phi) is 6.45. The molecule has 3 N–H and O–H groups in total. The van der Waals surface area contributed by atoms with E-state index in [1.165, 1.54) is 32.1 Å². The van der Waals surface area contributed by atoms with E-state index in [1.54, 1.807) is 4.90 Å². The average molecular weight is 297 g/mol. The second-order valence-corrected chi connectivity index (χ2v) is 6.06. The zero-order chi connectivity index (χ0) is 15.1. The predicted molar refractivity (Wildman–Crippen MR) is 79.6 cm³/mol. The third-order valence-corrected chi connectivity index (χ3v) is 4.43. The first-order chi connectivity index (χ1) is 10.2. The molecule has 2 rings (SSSR count). The number of rotatable bonds is 5. The number of hydrogen-bond acceptors (Lipinski definition) is 4. The molecule has 21 heavy (non-hydrogen) atoms. The van der Waals surface area contributed by atoms with Gasteiger partial charge in [-0.05, 0) is 12.3 Å². The molecular weight excluding hydrogens is 270 g/mol. The van der Waals surface area contributed by atoms with Gasteiger partial charge in [-0.2, -0.15) is 0 Å². The van der Waals surface area contributed by atoms with Crippen molar-refractivity contribution in [3.8, 4) is 0 Å². The largest absolute Gasteiger partial charge is 0.378 e. The average Bonchev–Trinajstić information content (AvgIpc) is 2.54. The summed E-state index contributed by atoms with van der Waals surface area (Å²) in [4.78, 5) is 25.6. The molecule has 1 unspecified atom stereocenters. The van der Waals surface area contributed by atoms with Crippen molar-refractivity contribution in [3.05, 3.63) is 0 Å². The standard InChI is InChI=1S/C15H27N3O3/c16-13(10-12-4-2-1-3-5-12)15(20)17-11-14(19)18-6-8-21-9-7-18/h12-13H,1-11,16H2,(H,17,20). The molecule has 0 aromatic rings. The highest BCUT2D eigenvalue weighted by Crippen LogP contribution is 2.26. The van der Waals surface area contributed by atoms with E-state index in [2.05, 4.69) is 5.32 Å². The van der Waals surface area contributed by atoms with E-state index in [1.807, 2.05) is 0 Å². The third-order valence-electron chi connectivity index (χ3n) is 4.43. The maximum atomic E-state index is 12.0. The molecule has 0 spiro atoms. The molecule has 6 nitrogen and oxygen atoms in total. The van der Waals surface area contributed by atoms with E-state index in [-0.39, 0.29) is 18.4 Å². The summed E-state index contributed by atoms with van der Waals surface area (Å²) in [6.07, 6.45) is 6.87. The van der Waals surface area contributed by atoms with Gasteiger partial charge in [-0.3, -0.25) is 9.59 Å². The number of ether oxygens (including phenoxy) is 1. The molecule has 2 aliphatic rings. The van der Waals surface area contributed by atoms with Crippen molar-refractivity contribution in [1.82, 2.24) is 10.2 Å². The summed E-state index contributed by atoms with van der Waals surface area (Å²) < 4.78 is 5.20. The van der Waals surface area contributed by atoms with Crippen LogP contribution in [0, 0.1) is 5.92 Å². The van der Waals surface area contributed by atoms with Crippen LogP contribution in [0.1, 0.15) is 38.5 Å². The van der Waals surface area contributed by atoms with Crippen LogP contribution < -0.4 is 11.1 Å². The fraction of sp³-hybridized carbons (Fsp3) is 0.867. The lowest BCUT2D eigenvalue weighted by molar-refractivity contribution is -0.136. The highest BCUT2D eigenvalue weighted by Gasteiger charge is 2.22. The van der Waals surface area contributed by atoms with Crippen LogP contribution in [0.2, 0.25) is 0 Å². The quantitative estimate of drug-likeness (QED) is 0.762. The summed E-state index contributed by atoms with van der Waals surface area (Å²) in [7, 11) is 0. The number of morpholine rings is 1. The molecule has 0 radical (unpaired) electrons. The van der Waals surface area contributed by atoms with Crippen LogP contribution in [-0.4, -0.2) is 55.6 Å². The van der Waals surface area contributed by atoms with Crippen LogP contribution >= 0.6 is 0 Å². The van der Waals surface area contributed by atoms with Gasteiger partial charge < -0.3 is 20.7 Å². The molecule has 0 aromatic heterocycles. The van der Waals surface area contributed by atoms with Crippen LogP contribution in [0.15, 0.2) is 0 Å². The molecular formula is C15H27N3O3. The lowest BCUT2D eigenvalue weighted by Gasteiger charge is -2.27. The number of nitrogens with two attached hydrogens (primary N) is 1. The maximum Gasteiger partial charge on any atom is 0.242 e. The first-order valence-corrected chi connectivity index (χ1v) is 8.05. The van der Waals surface area contributed by atoms with Gasteiger partial charge in [-0.25, -0.2) is 0 Å². The Morgan fingerprint density at radius 3 is 2.52 bits per heavy atom. The van der Waals surface area contributed by atoms with E-state index < -0.39 is 6.04 Å². The topological polar surface area (TPSA) is 84.7 Å². The first-order valence-electron chi connectivity index (χ1n) is 8.05. The zero-order valence-corrected chi connectivity index (χ0v) is 12.7. The van der Waals surface area contributed by atoms with E-state index >= 15 is 0 Å². The Balaban J connectivity index is 1.66. The van der Waals surface area contributed by atoms with Gasteiger partial charge in [-0.1, -0.05) is 32.1 Å². The van der Waals surface area contributed by atoms with Crippen molar-refractivity contribution in [2.24, 2.45) is 11.7 Å².